The molecule has 2 nitrogen and oxygen atoms in total. The van der Waals surface area contributed by atoms with Crippen molar-refractivity contribution in [2.24, 2.45) is 0 Å². The minimum absolute atomic E-state index is 0.0594. The Hall–Kier alpha value is -1.12. The number of hydrogen-bond donors (Lipinski definition) is 2. The molecule has 0 saturated carbocycles. The van der Waals surface area contributed by atoms with E-state index in [4.69, 9.17) is 7.85 Å². The summed E-state index contributed by atoms with van der Waals surface area (Å²) < 4.78 is 0. The molecule has 0 unspecified atom stereocenters. The van der Waals surface area contributed by atoms with E-state index >= 15 is 0 Å². The summed E-state index contributed by atoms with van der Waals surface area (Å²) in [6.07, 6.45) is 0. The first-order valence-electron chi connectivity index (χ1n) is 4.03. The van der Waals surface area contributed by atoms with Crippen LogP contribution in [-0.2, 0) is 0 Å². The van der Waals surface area contributed by atoms with E-state index in [1.807, 2.05) is 18.2 Å². The molecule has 3 heteroatoms. The lowest BCUT2D eigenvalue weighted by molar-refractivity contribution is 0.675. The van der Waals surface area contributed by atoms with Crippen molar-refractivity contribution in [2.75, 3.05) is 10.6 Å². The topological polar surface area (TPSA) is 24.1 Å². The Bertz CT molecular complexity index is 320. The molecule has 60 valence electrons. The van der Waals surface area contributed by atoms with Crippen LogP contribution in [0.1, 0.15) is 13.8 Å². The summed E-state index contributed by atoms with van der Waals surface area (Å²) in [7, 11) is 5.65. The average molecular weight is 158 g/mol. The standard InChI is InChI=1S/C9H11BN2/c1-9(2)11-7-4-3-6(10)5-8(7)12-9/h3-5,11-12H,1-2H3. The molecule has 0 bridgehead atoms. The Labute approximate surface area is 73.8 Å². The summed E-state index contributed by atoms with van der Waals surface area (Å²) in [6.45, 7) is 4.17. The van der Waals surface area contributed by atoms with Gasteiger partial charge in [0, 0.05) is 0 Å². The Morgan fingerprint density at radius 1 is 1.17 bits per heavy atom. The fraction of sp³-hybridized carbons (Fsp3) is 0.333. The smallest absolute Gasteiger partial charge is 0.113 e. The second-order valence-corrected chi connectivity index (χ2v) is 3.68. The molecule has 2 rings (SSSR count). The Kier molecular flexibility index (Phi) is 1.37. The van der Waals surface area contributed by atoms with Crippen molar-refractivity contribution in [3.63, 3.8) is 0 Å². The van der Waals surface area contributed by atoms with E-state index in [-0.39, 0.29) is 5.66 Å². The van der Waals surface area contributed by atoms with E-state index in [9.17, 15) is 0 Å². The quantitative estimate of drug-likeness (QED) is 0.551. The third-order valence-electron chi connectivity index (χ3n) is 1.94. The van der Waals surface area contributed by atoms with Crippen LogP contribution in [0.4, 0.5) is 11.4 Å². The molecule has 12 heavy (non-hydrogen) atoms. The van der Waals surface area contributed by atoms with Crippen molar-refractivity contribution in [1.82, 2.24) is 0 Å². The number of anilines is 2. The van der Waals surface area contributed by atoms with E-state index < -0.39 is 0 Å². The molecule has 2 radical (unpaired) electrons. The monoisotopic (exact) mass is 158 g/mol. The highest BCUT2D eigenvalue weighted by Gasteiger charge is 2.25. The molecular formula is C9H11BN2. The van der Waals surface area contributed by atoms with Crippen LogP contribution in [0, 0.1) is 0 Å². The first kappa shape index (κ1) is 7.53. The second-order valence-electron chi connectivity index (χ2n) is 3.68. The van der Waals surface area contributed by atoms with Gasteiger partial charge in [0.2, 0.25) is 0 Å². The molecular weight excluding hydrogens is 147 g/mol. The molecule has 0 aromatic heterocycles. The zero-order valence-electron chi connectivity index (χ0n) is 7.31. The van der Waals surface area contributed by atoms with E-state index in [1.165, 1.54) is 0 Å². The van der Waals surface area contributed by atoms with E-state index in [1.54, 1.807) is 0 Å². The third-order valence-corrected chi connectivity index (χ3v) is 1.94. The molecule has 0 spiro atoms. The summed E-state index contributed by atoms with van der Waals surface area (Å²) >= 11 is 0. The van der Waals surface area contributed by atoms with Gasteiger partial charge in [-0.15, -0.1) is 0 Å². The highest BCUT2D eigenvalue weighted by molar-refractivity contribution is 6.32. The maximum atomic E-state index is 5.65. The van der Waals surface area contributed by atoms with E-state index in [0.29, 0.717) is 0 Å². The number of benzene rings is 1. The fourth-order valence-corrected chi connectivity index (χ4v) is 1.48. The van der Waals surface area contributed by atoms with Crippen LogP contribution >= 0.6 is 0 Å². The van der Waals surface area contributed by atoms with Gasteiger partial charge in [0.25, 0.3) is 0 Å². The third kappa shape index (κ3) is 1.15. The molecule has 1 aromatic rings. The minimum atomic E-state index is -0.0594. The largest absolute Gasteiger partial charge is 0.362 e. The van der Waals surface area contributed by atoms with Gasteiger partial charge in [-0.05, 0) is 26.0 Å². The van der Waals surface area contributed by atoms with Crippen LogP contribution < -0.4 is 16.1 Å². The minimum Gasteiger partial charge on any atom is -0.362 e. The predicted octanol–water partition coefficient (Wildman–Crippen LogP) is 1.05. The first-order chi connectivity index (χ1) is 5.57. The van der Waals surface area contributed by atoms with Crippen LogP contribution in [0.5, 0.6) is 0 Å². The lowest BCUT2D eigenvalue weighted by Gasteiger charge is -2.19. The number of hydrogen-bond acceptors (Lipinski definition) is 2. The van der Waals surface area contributed by atoms with Crippen LogP contribution in [0.15, 0.2) is 18.2 Å². The first-order valence-corrected chi connectivity index (χ1v) is 4.03. The van der Waals surface area contributed by atoms with Gasteiger partial charge in [0.15, 0.2) is 0 Å². The van der Waals surface area contributed by atoms with Crippen LogP contribution in [0.3, 0.4) is 0 Å². The second kappa shape index (κ2) is 2.19. The van der Waals surface area contributed by atoms with Crippen molar-refractivity contribution in [3.8, 4) is 0 Å². The lowest BCUT2D eigenvalue weighted by atomic mass is 9.95. The van der Waals surface area contributed by atoms with Gasteiger partial charge in [0.1, 0.15) is 13.5 Å². The van der Waals surface area contributed by atoms with Gasteiger partial charge in [-0.2, -0.15) is 0 Å². The Morgan fingerprint density at radius 3 is 2.58 bits per heavy atom. The zero-order chi connectivity index (χ0) is 8.77. The van der Waals surface area contributed by atoms with Crippen LogP contribution in [0.2, 0.25) is 0 Å². The maximum Gasteiger partial charge on any atom is 0.113 e. The molecule has 1 aliphatic heterocycles. The van der Waals surface area contributed by atoms with E-state index in [2.05, 4.69) is 24.5 Å². The normalized spacial score (nSPS) is 17.8. The average Bonchev–Trinajstić information content (AvgIpc) is 2.21. The fourth-order valence-electron chi connectivity index (χ4n) is 1.48. The summed E-state index contributed by atoms with van der Waals surface area (Å²) in [5.74, 6) is 0. The zero-order valence-corrected chi connectivity index (χ0v) is 7.31. The maximum absolute atomic E-state index is 5.65. The van der Waals surface area contributed by atoms with Gasteiger partial charge in [0.05, 0.1) is 11.4 Å². The molecule has 0 aliphatic carbocycles. The summed E-state index contributed by atoms with van der Waals surface area (Å²) in [6, 6.07) is 5.83. The summed E-state index contributed by atoms with van der Waals surface area (Å²) in [5.41, 5.74) is 2.94. The van der Waals surface area contributed by atoms with Crippen molar-refractivity contribution in [3.05, 3.63) is 18.2 Å². The van der Waals surface area contributed by atoms with Gasteiger partial charge < -0.3 is 10.6 Å². The predicted molar refractivity (Wildman–Crippen MR) is 53.2 cm³/mol. The molecule has 0 atom stereocenters. The summed E-state index contributed by atoms with van der Waals surface area (Å²) in [4.78, 5) is 0. The van der Waals surface area contributed by atoms with Gasteiger partial charge in [-0.3, -0.25) is 0 Å². The van der Waals surface area contributed by atoms with Crippen molar-refractivity contribution >= 4 is 24.7 Å². The SMILES string of the molecule is [B]c1ccc2c(c1)NC(C)(C)N2. The highest BCUT2D eigenvalue weighted by atomic mass is 15.2. The lowest BCUT2D eigenvalue weighted by Crippen LogP contribution is -2.33. The van der Waals surface area contributed by atoms with Gasteiger partial charge in [-0.1, -0.05) is 11.5 Å². The van der Waals surface area contributed by atoms with Gasteiger partial charge in [-0.25, -0.2) is 0 Å². The van der Waals surface area contributed by atoms with Gasteiger partial charge >= 0.3 is 0 Å². The number of fused-ring (bicyclic) bond motifs is 1. The Morgan fingerprint density at radius 2 is 1.83 bits per heavy atom. The van der Waals surface area contributed by atoms with Crippen LogP contribution in [-0.4, -0.2) is 13.5 Å². The van der Waals surface area contributed by atoms with Crippen molar-refractivity contribution in [2.45, 2.75) is 19.5 Å². The number of nitrogens with one attached hydrogen (secondary N) is 2. The molecule has 2 N–H and O–H groups in total. The molecule has 1 heterocycles. The van der Waals surface area contributed by atoms with Crippen molar-refractivity contribution in [1.29, 1.82) is 0 Å². The molecule has 0 fully saturated rings. The molecule has 0 amide bonds. The molecule has 1 aliphatic rings. The summed E-state index contributed by atoms with van der Waals surface area (Å²) in [5, 5.41) is 6.66. The van der Waals surface area contributed by atoms with Crippen LogP contribution in [0.25, 0.3) is 0 Å². The van der Waals surface area contributed by atoms with Crippen molar-refractivity contribution < 1.29 is 0 Å². The highest BCUT2D eigenvalue weighted by Crippen LogP contribution is 2.31. The van der Waals surface area contributed by atoms with E-state index in [0.717, 1.165) is 16.8 Å². The molecule has 1 aromatic carbocycles. The Balaban J connectivity index is 2.43. The number of rotatable bonds is 0. The molecule has 0 saturated heterocycles.